The first-order valence-corrected chi connectivity index (χ1v) is 8.25. The largest absolute Gasteiger partial charge is 0.382 e. The fourth-order valence-electron chi connectivity index (χ4n) is 2.69. The lowest BCUT2D eigenvalue weighted by molar-refractivity contribution is 0.0588. The first-order valence-electron chi connectivity index (χ1n) is 8.25. The summed E-state index contributed by atoms with van der Waals surface area (Å²) < 4.78 is 10.3. The maximum atomic E-state index is 12.3. The van der Waals surface area contributed by atoms with Crippen molar-refractivity contribution in [1.82, 2.24) is 20.2 Å². The van der Waals surface area contributed by atoms with Gasteiger partial charge < -0.3 is 24.7 Å². The van der Waals surface area contributed by atoms with E-state index in [1.165, 1.54) is 0 Å². The minimum Gasteiger partial charge on any atom is -0.382 e. The molecule has 0 atom stereocenters. The number of aromatic amines is 1. The van der Waals surface area contributed by atoms with Crippen molar-refractivity contribution in [3.05, 3.63) is 17.7 Å². The topological polar surface area (TPSA) is 79.5 Å². The van der Waals surface area contributed by atoms with E-state index in [0.717, 1.165) is 25.9 Å². The molecule has 0 aliphatic carbocycles. The fraction of sp³-hybridized carbons (Fsp3) is 0.750. The number of piperidine rings is 1. The number of carbonyl (C=O) groups is 1. The molecule has 130 valence electrons. The van der Waals surface area contributed by atoms with Crippen LogP contribution >= 0.6 is 0 Å². The number of hydrogen-bond acceptors (Lipinski definition) is 5. The second kappa shape index (κ2) is 9.00. The van der Waals surface area contributed by atoms with Gasteiger partial charge in [0.2, 0.25) is 0 Å². The lowest BCUT2D eigenvalue weighted by atomic mass is 10.0. The van der Waals surface area contributed by atoms with Crippen LogP contribution in [0.15, 0.2) is 6.20 Å². The van der Waals surface area contributed by atoms with Crippen molar-refractivity contribution in [1.29, 1.82) is 0 Å². The number of carbonyl (C=O) groups excluding carboxylic acids is 1. The molecule has 23 heavy (non-hydrogen) atoms. The SMILES string of the molecule is COCCOCc1ncc(C(=O)NC2CCN(C(C)C)CC2)[nH]1. The number of amides is 1. The zero-order valence-corrected chi connectivity index (χ0v) is 14.3. The van der Waals surface area contributed by atoms with E-state index in [0.29, 0.717) is 37.4 Å². The molecule has 1 aliphatic rings. The van der Waals surface area contributed by atoms with Gasteiger partial charge in [-0.3, -0.25) is 4.79 Å². The lowest BCUT2D eigenvalue weighted by Crippen LogP contribution is -2.46. The molecule has 7 nitrogen and oxygen atoms in total. The summed E-state index contributed by atoms with van der Waals surface area (Å²) in [7, 11) is 1.63. The Labute approximate surface area is 137 Å². The van der Waals surface area contributed by atoms with Crippen LogP contribution in [0, 0.1) is 0 Å². The predicted octanol–water partition coefficient (Wildman–Crippen LogP) is 1.18. The van der Waals surface area contributed by atoms with E-state index in [4.69, 9.17) is 9.47 Å². The zero-order chi connectivity index (χ0) is 16.7. The van der Waals surface area contributed by atoms with Gasteiger partial charge in [0.1, 0.15) is 18.1 Å². The van der Waals surface area contributed by atoms with E-state index in [1.807, 2.05) is 0 Å². The molecule has 1 saturated heterocycles. The molecular formula is C16H28N4O3. The molecule has 1 aromatic rings. The van der Waals surface area contributed by atoms with Gasteiger partial charge in [-0.05, 0) is 26.7 Å². The smallest absolute Gasteiger partial charge is 0.269 e. The monoisotopic (exact) mass is 324 g/mol. The zero-order valence-electron chi connectivity index (χ0n) is 14.3. The third kappa shape index (κ3) is 5.60. The van der Waals surface area contributed by atoms with Crippen molar-refractivity contribution in [3.8, 4) is 0 Å². The van der Waals surface area contributed by atoms with Gasteiger partial charge in [-0.25, -0.2) is 4.98 Å². The number of methoxy groups -OCH3 is 1. The standard InChI is InChI=1S/C16H28N4O3/c1-12(2)20-6-4-13(5-7-20)18-16(21)14-10-17-15(19-14)11-23-9-8-22-3/h10,12-13H,4-9,11H2,1-3H3,(H,17,19)(H,18,21). The number of ether oxygens (including phenoxy) is 2. The van der Waals surface area contributed by atoms with E-state index < -0.39 is 0 Å². The third-order valence-electron chi connectivity index (χ3n) is 4.14. The number of hydrogen-bond donors (Lipinski definition) is 2. The Morgan fingerprint density at radius 1 is 1.43 bits per heavy atom. The van der Waals surface area contributed by atoms with Gasteiger partial charge in [0.15, 0.2) is 0 Å². The highest BCUT2D eigenvalue weighted by molar-refractivity contribution is 5.92. The molecular weight excluding hydrogens is 296 g/mol. The average Bonchev–Trinajstić information content (AvgIpc) is 3.01. The van der Waals surface area contributed by atoms with Crippen LogP contribution in [0.1, 0.15) is 43.0 Å². The quantitative estimate of drug-likeness (QED) is 0.702. The molecule has 0 aromatic carbocycles. The van der Waals surface area contributed by atoms with E-state index in [2.05, 4.69) is 34.0 Å². The molecule has 1 amide bonds. The van der Waals surface area contributed by atoms with Gasteiger partial charge in [-0.1, -0.05) is 0 Å². The highest BCUT2D eigenvalue weighted by Gasteiger charge is 2.22. The highest BCUT2D eigenvalue weighted by atomic mass is 16.5. The lowest BCUT2D eigenvalue weighted by Gasteiger charge is -2.34. The predicted molar refractivity (Wildman–Crippen MR) is 87.3 cm³/mol. The van der Waals surface area contributed by atoms with E-state index in [1.54, 1.807) is 13.3 Å². The van der Waals surface area contributed by atoms with Crippen LogP contribution in [0.4, 0.5) is 0 Å². The maximum absolute atomic E-state index is 12.3. The minimum absolute atomic E-state index is 0.0939. The Hall–Kier alpha value is -1.44. The van der Waals surface area contributed by atoms with Crippen molar-refractivity contribution in [3.63, 3.8) is 0 Å². The molecule has 7 heteroatoms. The maximum Gasteiger partial charge on any atom is 0.269 e. The Bertz CT molecular complexity index is 481. The number of imidazole rings is 1. The summed E-state index contributed by atoms with van der Waals surface area (Å²) in [5.74, 6) is 0.560. The molecule has 0 spiro atoms. The van der Waals surface area contributed by atoms with Gasteiger partial charge in [-0.2, -0.15) is 0 Å². The van der Waals surface area contributed by atoms with Gasteiger partial charge >= 0.3 is 0 Å². The summed E-state index contributed by atoms with van der Waals surface area (Å²) in [4.78, 5) is 21.9. The van der Waals surface area contributed by atoms with E-state index in [-0.39, 0.29) is 11.9 Å². The second-order valence-corrected chi connectivity index (χ2v) is 6.17. The first-order chi connectivity index (χ1) is 11.1. The van der Waals surface area contributed by atoms with Crippen LogP contribution in [0.2, 0.25) is 0 Å². The molecule has 1 fully saturated rings. The van der Waals surface area contributed by atoms with Gasteiger partial charge in [0.05, 0.1) is 19.4 Å². The number of H-pyrrole nitrogens is 1. The Morgan fingerprint density at radius 2 is 2.17 bits per heavy atom. The summed E-state index contributed by atoms with van der Waals surface area (Å²) >= 11 is 0. The van der Waals surface area contributed by atoms with Crippen LogP contribution in [0.5, 0.6) is 0 Å². The van der Waals surface area contributed by atoms with E-state index >= 15 is 0 Å². The van der Waals surface area contributed by atoms with Crippen LogP contribution in [0.25, 0.3) is 0 Å². The molecule has 1 aliphatic heterocycles. The van der Waals surface area contributed by atoms with E-state index in [9.17, 15) is 4.79 Å². The van der Waals surface area contributed by atoms with Crippen molar-refractivity contribution in [2.24, 2.45) is 0 Å². The van der Waals surface area contributed by atoms with Crippen molar-refractivity contribution in [2.75, 3.05) is 33.4 Å². The molecule has 2 rings (SSSR count). The summed E-state index contributed by atoms with van der Waals surface area (Å²) in [6, 6.07) is 0.808. The Morgan fingerprint density at radius 3 is 2.83 bits per heavy atom. The number of rotatable bonds is 8. The molecule has 0 bridgehead atoms. The summed E-state index contributed by atoms with van der Waals surface area (Å²) in [5, 5.41) is 3.09. The van der Waals surface area contributed by atoms with Gasteiger partial charge in [0, 0.05) is 32.3 Å². The Balaban J connectivity index is 1.75. The van der Waals surface area contributed by atoms with Crippen LogP contribution in [0.3, 0.4) is 0 Å². The van der Waals surface area contributed by atoms with Crippen LogP contribution < -0.4 is 5.32 Å². The van der Waals surface area contributed by atoms with Crippen molar-refractivity contribution < 1.29 is 14.3 Å². The molecule has 0 radical (unpaired) electrons. The van der Waals surface area contributed by atoms with Gasteiger partial charge in [-0.15, -0.1) is 0 Å². The molecule has 2 heterocycles. The van der Waals surface area contributed by atoms with Crippen LogP contribution in [-0.4, -0.2) is 66.3 Å². The number of nitrogens with zero attached hydrogens (tertiary/aromatic N) is 2. The molecule has 2 N–H and O–H groups in total. The van der Waals surface area contributed by atoms with Crippen LogP contribution in [-0.2, 0) is 16.1 Å². The fourth-order valence-corrected chi connectivity index (χ4v) is 2.69. The first kappa shape index (κ1) is 17.9. The average molecular weight is 324 g/mol. The van der Waals surface area contributed by atoms with Gasteiger partial charge in [0.25, 0.3) is 5.91 Å². The second-order valence-electron chi connectivity index (χ2n) is 6.17. The molecule has 0 saturated carbocycles. The highest BCUT2D eigenvalue weighted by Crippen LogP contribution is 2.13. The third-order valence-corrected chi connectivity index (χ3v) is 4.14. The normalized spacial score (nSPS) is 16.9. The number of aromatic nitrogens is 2. The number of likely N-dealkylation sites (tertiary alicyclic amines) is 1. The number of nitrogens with one attached hydrogen (secondary N) is 2. The summed E-state index contributed by atoms with van der Waals surface area (Å²) in [6.07, 6.45) is 3.55. The van der Waals surface area contributed by atoms with Crippen molar-refractivity contribution in [2.45, 2.75) is 45.4 Å². The minimum atomic E-state index is -0.0939. The van der Waals surface area contributed by atoms with Crippen molar-refractivity contribution >= 4 is 5.91 Å². The molecule has 1 aromatic heterocycles. The summed E-state index contributed by atoms with van der Waals surface area (Å²) in [6.45, 7) is 7.88. The molecule has 0 unspecified atom stereocenters. The Kier molecular flexibility index (Phi) is 7.01. The summed E-state index contributed by atoms with van der Waals surface area (Å²) in [5.41, 5.74) is 0.488.